The second-order valence-corrected chi connectivity index (χ2v) is 4.57. The van der Waals surface area contributed by atoms with E-state index < -0.39 is 0 Å². The van der Waals surface area contributed by atoms with Gasteiger partial charge in [-0.1, -0.05) is 41.9 Å². The maximum Gasteiger partial charge on any atom is 0.0660 e. The first-order valence-corrected chi connectivity index (χ1v) is 6.04. The van der Waals surface area contributed by atoms with Gasteiger partial charge < -0.3 is 5.32 Å². The molecule has 1 aliphatic heterocycles. The highest BCUT2D eigenvalue weighted by Crippen LogP contribution is 2.32. The van der Waals surface area contributed by atoms with E-state index >= 15 is 0 Å². The van der Waals surface area contributed by atoms with Gasteiger partial charge in [0, 0.05) is 10.7 Å². The fraction of sp³-hybridized carbons (Fsp3) is 0.143. The van der Waals surface area contributed by atoms with E-state index in [1.54, 1.807) is 0 Å². The number of hydrogen-bond donors (Lipinski definition) is 2. The number of hydrogen-bond acceptors (Lipinski definition) is 2. The van der Waals surface area contributed by atoms with Crippen molar-refractivity contribution in [2.45, 2.75) is 6.04 Å². The summed E-state index contributed by atoms with van der Waals surface area (Å²) in [4.78, 5) is 0. The molecule has 2 aromatic carbocycles. The fourth-order valence-corrected chi connectivity index (χ4v) is 2.42. The summed E-state index contributed by atoms with van der Waals surface area (Å²) in [6.07, 6.45) is 0. The molecule has 2 N–H and O–H groups in total. The Morgan fingerprint density at radius 3 is 2.71 bits per heavy atom. The lowest BCUT2D eigenvalue weighted by atomic mass is 9.96. The van der Waals surface area contributed by atoms with Gasteiger partial charge in [0.2, 0.25) is 0 Å². The van der Waals surface area contributed by atoms with Crippen molar-refractivity contribution in [1.82, 2.24) is 5.32 Å². The molecule has 1 atom stereocenters. The van der Waals surface area contributed by atoms with Crippen LogP contribution in [0.2, 0.25) is 5.02 Å². The number of fused-ring (bicyclic) bond motifs is 1. The van der Waals surface area contributed by atoms with Crippen LogP contribution in [0.4, 0.5) is 5.69 Å². The topological polar surface area (TPSA) is 24.1 Å². The van der Waals surface area contributed by atoms with Gasteiger partial charge in [0.25, 0.3) is 0 Å². The van der Waals surface area contributed by atoms with E-state index in [-0.39, 0.29) is 6.04 Å². The molecule has 0 unspecified atom stereocenters. The van der Waals surface area contributed by atoms with Crippen molar-refractivity contribution in [3.63, 3.8) is 0 Å². The molecule has 1 aliphatic rings. The minimum atomic E-state index is 0.214. The third-order valence-corrected chi connectivity index (χ3v) is 3.28. The monoisotopic (exact) mass is 244 g/mol. The average Bonchev–Trinajstić information content (AvgIpc) is 2.39. The van der Waals surface area contributed by atoms with Crippen molar-refractivity contribution >= 4 is 17.3 Å². The molecule has 0 aliphatic carbocycles. The first kappa shape index (κ1) is 10.6. The molecule has 2 nitrogen and oxygen atoms in total. The summed E-state index contributed by atoms with van der Waals surface area (Å²) in [6, 6.07) is 16.6. The lowest BCUT2D eigenvalue weighted by molar-refractivity contribution is 0.616. The van der Waals surface area contributed by atoms with E-state index in [1.807, 2.05) is 24.3 Å². The van der Waals surface area contributed by atoms with Crippen LogP contribution in [0.3, 0.4) is 0 Å². The minimum absolute atomic E-state index is 0.214. The highest BCUT2D eigenvalue weighted by atomic mass is 35.5. The van der Waals surface area contributed by atoms with Crippen LogP contribution in [0.25, 0.3) is 0 Å². The SMILES string of the molecule is Clc1ccc2c(c1)[C@@H](c1ccccc1)NCN2. The van der Waals surface area contributed by atoms with Crippen LogP contribution < -0.4 is 10.6 Å². The molecule has 0 amide bonds. The van der Waals surface area contributed by atoms with E-state index in [4.69, 9.17) is 11.6 Å². The molecule has 86 valence electrons. The highest BCUT2D eigenvalue weighted by molar-refractivity contribution is 6.30. The fourth-order valence-electron chi connectivity index (χ4n) is 2.23. The number of halogens is 1. The molecule has 17 heavy (non-hydrogen) atoms. The Bertz CT molecular complexity index is 525. The summed E-state index contributed by atoms with van der Waals surface area (Å²) in [5.74, 6) is 0. The Kier molecular flexibility index (Phi) is 2.75. The summed E-state index contributed by atoms with van der Waals surface area (Å²) in [5, 5.41) is 7.54. The van der Waals surface area contributed by atoms with Gasteiger partial charge in [-0.25, -0.2) is 0 Å². The first-order chi connectivity index (χ1) is 8.34. The molecule has 3 rings (SSSR count). The normalized spacial score (nSPS) is 18.3. The molecule has 3 heteroatoms. The van der Waals surface area contributed by atoms with Gasteiger partial charge in [0.05, 0.1) is 12.7 Å². The maximum absolute atomic E-state index is 6.07. The van der Waals surface area contributed by atoms with Gasteiger partial charge >= 0.3 is 0 Å². The third-order valence-electron chi connectivity index (χ3n) is 3.04. The maximum atomic E-state index is 6.07. The summed E-state index contributed by atoms with van der Waals surface area (Å²) in [6.45, 7) is 0.772. The number of rotatable bonds is 1. The van der Waals surface area contributed by atoms with E-state index in [1.165, 1.54) is 11.1 Å². The van der Waals surface area contributed by atoms with Crippen molar-refractivity contribution in [2.75, 3.05) is 12.0 Å². The quantitative estimate of drug-likeness (QED) is 0.804. The average molecular weight is 245 g/mol. The third kappa shape index (κ3) is 2.02. The van der Waals surface area contributed by atoms with Crippen LogP contribution in [-0.2, 0) is 0 Å². The molecule has 0 fully saturated rings. The molecule has 1 heterocycles. The Balaban J connectivity index is 2.08. The van der Waals surface area contributed by atoms with Gasteiger partial charge in [0.15, 0.2) is 0 Å². The molecule has 0 radical (unpaired) electrons. The van der Waals surface area contributed by atoms with Crippen molar-refractivity contribution in [3.8, 4) is 0 Å². The van der Waals surface area contributed by atoms with Gasteiger partial charge in [-0.3, -0.25) is 5.32 Å². The van der Waals surface area contributed by atoms with Crippen LogP contribution in [-0.4, -0.2) is 6.67 Å². The van der Waals surface area contributed by atoms with E-state index in [9.17, 15) is 0 Å². The smallest absolute Gasteiger partial charge is 0.0660 e. The summed E-state index contributed by atoms with van der Waals surface area (Å²) in [5.41, 5.74) is 3.62. The van der Waals surface area contributed by atoms with E-state index in [0.717, 1.165) is 17.4 Å². The van der Waals surface area contributed by atoms with Gasteiger partial charge in [-0.15, -0.1) is 0 Å². The first-order valence-electron chi connectivity index (χ1n) is 5.66. The number of nitrogens with one attached hydrogen (secondary N) is 2. The van der Waals surface area contributed by atoms with Crippen LogP contribution in [0.1, 0.15) is 17.2 Å². The predicted octanol–water partition coefficient (Wildman–Crippen LogP) is 3.40. The van der Waals surface area contributed by atoms with Crippen molar-refractivity contribution < 1.29 is 0 Å². The zero-order valence-electron chi connectivity index (χ0n) is 9.28. The summed E-state index contributed by atoms with van der Waals surface area (Å²) >= 11 is 6.07. The molecule has 0 aromatic heterocycles. The Hall–Kier alpha value is -1.51. The van der Waals surface area contributed by atoms with Gasteiger partial charge in [0.1, 0.15) is 0 Å². The molecular weight excluding hydrogens is 232 g/mol. The zero-order chi connectivity index (χ0) is 11.7. The van der Waals surface area contributed by atoms with Crippen molar-refractivity contribution in [1.29, 1.82) is 0 Å². The second kappa shape index (κ2) is 4.40. The second-order valence-electron chi connectivity index (χ2n) is 4.13. The standard InChI is InChI=1S/C14H13ClN2/c15-11-6-7-13-12(8-11)14(17-9-16-13)10-4-2-1-3-5-10/h1-8,14,16-17H,9H2/t14-/m1/s1. The Morgan fingerprint density at radius 2 is 1.88 bits per heavy atom. The predicted molar refractivity (Wildman–Crippen MR) is 71.4 cm³/mol. The highest BCUT2D eigenvalue weighted by Gasteiger charge is 2.20. The molecule has 2 aromatic rings. The molecule has 0 saturated carbocycles. The largest absolute Gasteiger partial charge is 0.372 e. The summed E-state index contributed by atoms with van der Waals surface area (Å²) in [7, 11) is 0. The van der Waals surface area contributed by atoms with Crippen LogP contribution >= 0.6 is 11.6 Å². The van der Waals surface area contributed by atoms with E-state index in [0.29, 0.717) is 0 Å². The van der Waals surface area contributed by atoms with Gasteiger partial charge in [-0.05, 0) is 29.3 Å². The van der Waals surface area contributed by atoms with Crippen LogP contribution in [0.15, 0.2) is 48.5 Å². The lowest BCUT2D eigenvalue weighted by Gasteiger charge is -2.28. The number of anilines is 1. The lowest BCUT2D eigenvalue weighted by Crippen LogP contribution is -2.33. The summed E-state index contributed by atoms with van der Waals surface area (Å²) < 4.78 is 0. The number of benzene rings is 2. The molecular formula is C14H13ClN2. The molecule has 0 saturated heterocycles. The van der Waals surface area contributed by atoms with Crippen LogP contribution in [0.5, 0.6) is 0 Å². The van der Waals surface area contributed by atoms with Crippen molar-refractivity contribution in [3.05, 3.63) is 64.7 Å². The van der Waals surface area contributed by atoms with E-state index in [2.05, 4.69) is 34.9 Å². The minimum Gasteiger partial charge on any atom is -0.372 e. The molecule has 0 bridgehead atoms. The van der Waals surface area contributed by atoms with Crippen molar-refractivity contribution in [2.24, 2.45) is 0 Å². The van der Waals surface area contributed by atoms with Crippen LogP contribution in [0, 0.1) is 0 Å². The Labute approximate surface area is 106 Å². The Morgan fingerprint density at radius 1 is 1.06 bits per heavy atom. The van der Waals surface area contributed by atoms with Gasteiger partial charge in [-0.2, -0.15) is 0 Å². The molecule has 0 spiro atoms. The zero-order valence-corrected chi connectivity index (χ0v) is 10.0.